The third-order valence-corrected chi connectivity index (χ3v) is 5.33. The lowest BCUT2D eigenvalue weighted by atomic mass is 10.1. The molecule has 2 heterocycles. The number of esters is 1. The van der Waals surface area contributed by atoms with Gasteiger partial charge in [0.05, 0.1) is 23.4 Å². The number of aliphatic imine (C=N–C) groups is 1. The summed E-state index contributed by atoms with van der Waals surface area (Å²) < 4.78 is 5.89. The van der Waals surface area contributed by atoms with Crippen LogP contribution in [0.25, 0.3) is 0 Å². The molecule has 1 aromatic carbocycles. The minimum absolute atomic E-state index is 0.120. The Balaban J connectivity index is 1.53. The first kappa shape index (κ1) is 15.1. The molecule has 0 spiro atoms. The predicted octanol–water partition coefficient (Wildman–Crippen LogP) is 1.62. The highest BCUT2D eigenvalue weighted by Gasteiger charge is 2.35. The van der Waals surface area contributed by atoms with E-state index < -0.39 is 17.8 Å². The number of hydrogen-bond donors (Lipinski definition) is 0. The monoisotopic (exact) mass is 336 g/mol. The van der Waals surface area contributed by atoms with E-state index in [1.165, 1.54) is 11.8 Å². The maximum Gasteiger partial charge on any atom is 0.318 e. The van der Waals surface area contributed by atoms with Gasteiger partial charge in [-0.2, -0.15) is 0 Å². The van der Waals surface area contributed by atoms with Gasteiger partial charge in [-0.25, -0.2) is 4.90 Å². The van der Waals surface area contributed by atoms with Crippen molar-refractivity contribution in [3.05, 3.63) is 35.4 Å². The summed E-state index contributed by atoms with van der Waals surface area (Å²) in [6.07, 6.45) is 0. The summed E-state index contributed by atoms with van der Waals surface area (Å²) in [6, 6.07) is 6.55. The summed E-state index contributed by atoms with van der Waals surface area (Å²) in [5.41, 5.74) is 0.685. The van der Waals surface area contributed by atoms with E-state index in [1.807, 2.05) is 0 Å². The quantitative estimate of drug-likeness (QED) is 0.614. The van der Waals surface area contributed by atoms with Crippen molar-refractivity contribution in [1.82, 2.24) is 4.90 Å². The van der Waals surface area contributed by atoms with Crippen molar-refractivity contribution in [2.75, 3.05) is 24.8 Å². The van der Waals surface area contributed by atoms with Crippen molar-refractivity contribution in [1.29, 1.82) is 0 Å². The van der Waals surface area contributed by atoms with E-state index in [9.17, 15) is 14.4 Å². The molecule has 22 heavy (non-hydrogen) atoms. The number of hydrogen-bond acceptors (Lipinski definition) is 7. The van der Waals surface area contributed by atoms with Crippen LogP contribution in [0.15, 0.2) is 29.3 Å². The first-order valence-electron chi connectivity index (χ1n) is 6.57. The van der Waals surface area contributed by atoms with Crippen LogP contribution < -0.4 is 0 Å². The van der Waals surface area contributed by atoms with Gasteiger partial charge in [0.15, 0.2) is 6.73 Å². The molecule has 0 bridgehead atoms. The molecular weight excluding hydrogens is 324 g/mol. The van der Waals surface area contributed by atoms with Gasteiger partial charge in [0.2, 0.25) is 0 Å². The molecule has 2 amide bonds. The van der Waals surface area contributed by atoms with Crippen LogP contribution in [0.5, 0.6) is 0 Å². The number of benzene rings is 1. The van der Waals surface area contributed by atoms with Crippen molar-refractivity contribution in [3.8, 4) is 0 Å². The van der Waals surface area contributed by atoms with E-state index in [1.54, 1.807) is 36.0 Å². The highest BCUT2D eigenvalue weighted by molar-refractivity contribution is 8.39. The van der Waals surface area contributed by atoms with Crippen LogP contribution in [0.3, 0.4) is 0 Å². The molecule has 0 atom stereocenters. The first-order chi connectivity index (χ1) is 10.7. The summed E-state index contributed by atoms with van der Waals surface area (Å²) in [5.74, 6) is -0.285. The Bertz CT molecular complexity index is 640. The molecule has 0 fully saturated rings. The van der Waals surface area contributed by atoms with Crippen molar-refractivity contribution < 1.29 is 19.1 Å². The van der Waals surface area contributed by atoms with Crippen LogP contribution in [-0.4, -0.2) is 51.8 Å². The first-order valence-corrected chi connectivity index (χ1v) is 8.55. The lowest BCUT2D eigenvalue weighted by molar-refractivity contribution is -0.142. The van der Waals surface area contributed by atoms with Gasteiger partial charge < -0.3 is 4.74 Å². The molecule has 8 heteroatoms. The Kier molecular flexibility index (Phi) is 4.49. The average molecular weight is 336 g/mol. The summed E-state index contributed by atoms with van der Waals surface area (Å²) in [6.45, 7) is 0.419. The third kappa shape index (κ3) is 3.02. The van der Waals surface area contributed by atoms with Gasteiger partial charge in [0.25, 0.3) is 11.8 Å². The minimum Gasteiger partial charge on any atom is -0.443 e. The highest BCUT2D eigenvalue weighted by Crippen LogP contribution is 2.23. The van der Waals surface area contributed by atoms with Gasteiger partial charge >= 0.3 is 5.97 Å². The Morgan fingerprint density at radius 1 is 1.27 bits per heavy atom. The fourth-order valence-corrected chi connectivity index (χ4v) is 3.87. The molecule has 2 aliphatic rings. The minimum atomic E-state index is -0.475. The maximum atomic E-state index is 12.1. The second-order valence-corrected chi connectivity index (χ2v) is 6.82. The van der Waals surface area contributed by atoms with Crippen LogP contribution in [0, 0.1) is 0 Å². The van der Waals surface area contributed by atoms with E-state index >= 15 is 0 Å². The van der Waals surface area contributed by atoms with Crippen LogP contribution in [0.1, 0.15) is 20.7 Å². The topological polar surface area (TPSA) is 76.0 Å². The molecule has 0 unspecified atom stereocenters. The molecule has 0 saturated heterocycles. The molecule has 114 valence electrons. The van der Waals surface area contributed by atoms with Crippen molar-refractivity contribution in [3.63, 3.8) is 0 Å². The van der Waals surface area contributed by atoms with E-state index in [0.29, 0.717) is 11.1 Å². The Labute approximate surface area is 135 Å². The molecule has 0 aromatic heterocycles. The summed E-state index contributed by atoms with van der Waals surface area (Å²) in [4.78, 5) is 41.0. The number of thioether (sulfide) groups is 2. The van der Waals surface area contributed by atoms with Gasteiger partial charge in [-0.1, -0.05) is 35.7 Å². The Morgan fingerprint density at radius 2 is 1.95 bits per heavy atom. The van der Waals surface area contributed by atoms with Crippen LogP contribution in [0.4, 0.5) is 0 Å². The lowest BCUT2D eigenvalue weighted by Gasteiger charge is -2.13. The number of rotatable bonds is 4. The molecule has 0 N–H and O–H groups in total. The van der Waals surface area contributed by atoms with E-state index in [2.05, 4.69) is 4.99 Å². The summed E-state index contributed by atoms with van der Waals surface area (Å²) in [5, 5.41) is 0. The molecule has 2 aliphatic heterocycles. The van der Waals surface area contributed by atoms with E-state index in [0.717, 1.165) is 21.6 Å². The average Bonchev–Trinajstić information content (AvgIpc) is 3.13. The SMILES string of the molecule is O=C(CSC1=NCCS1)OCN1C(=O)c2ccccc2C1=O. The van der Waals surface area contributed by atoms with Crippen LogP contribution in [0.2, 0.25) is 0 Å². The zero-order chi connectivity index (χ0) is 15.5. The zero-order valence-corrected chi connectivity index (χ0v) is 13.1. The van der Waals surface area contributed by atoms with Crippen molar-refractivity contribution in [2.45, 2.75) is 0 Å². The maximum absolute atomic E-state index is 12.1. The molecule has 1 aromatic rings. The van der Waals surface area contributed by atoms with Gasteiger partial charge in [0.1, 0.15) is 4.38 Å². The third-order valence-electron chi connectivity index (χ3n) is 3.10. The largest absolute Gasteiger partial charge is 0.443 e. The summed E-state index contributed by atoms with van der Waals surface area (Å²) >= 11 is 2.92. The smallest absolute Gasteiger partial charge is 0.318 e. The predicted molar refractivity (Wildman–Crippen MR) is 85.1 cm³/mol. The van der Waals surface area contributed by atoms with Crippen molar-refractivity contribution in [2.24, 2.45) is 4.99 Å². The van der Waals surface area contributed by atoms with E-state index in [4.69, 9.17) is 4.74 Å². The van der Waals surface area contributed by atoms with Crippen LogP contribution in [-0.2, 0) is 9.53 Å². The second-order valence-electron chi connectivity index (χ2n) is 4.51. The van der Waals surface area contributed by atoms with Gasteiger partial charge in [0, 0.05) is 5.75 Å². The standard InChI is InChI=1S/C14H12N2O4S2/c17-11(7-22-14-15-5-6-21-14)20-8-16-12(18)9-3-1-2-4-10(9)13(16)19/h1-4H,5-8H2. The molecular formula is C14H12N2O4S2. The number of fused-ring (bicyclic) bond motifs is 1. The highest BCUT2D eigenvalue weighted by atomic mass is 32.2. The number of carbonyl (C=O) groups is 3. The Hall–Kier alpha value is -1.80. The molecule has 6 nitrogen and oxygen atoms in total. The Morgan fingerprint density at radius 3 is 2.55 bits per heavy atom. The molecule has 0 saturated carbocycles. The molecule has 0 radical (unpaired) electrons. The number of imide groups is 1. The lowest BCUT2D eigenvalue weighted by Crippen LogP contribution is -2.33. The number of nitrogens with zero attached hydrogens (tertiary/aromatic N) is 2. The van der Waals surface area contributed by atoms with E-state index in [-0.39, 0.29) is 12.5 Å². The second kappa shape index (κ2) is 6.53. The van der Waals surface area contributed by atoms with Crippen LogP contribution >= 0.6 is 23.5 Å². The normalized spacial score (nSPS) is 16.7. The molecule has 3 rings (SSSR count). The molecule has 0 aliphatic carbocycles. The van der Waals surface area contributed by atoms with Gasteiger partial charge in [-0.05, 0) is 12.1 Å². The fourth-order valence-electron chi connectivity index (χ4n) is 2.06. The van der Waals surface area contributed by atoms with Gasteiger partial charge in [-0.15, -0.1) is 0 Å². The number of ether oxygens (including phenoxy) is 1. The number of carbonyl (C=O) groups excluding carboxylic acids is 3. The van der Waals surface area contributed by atoms with Gasteiger partial charge in [-0.3, -0.25) is 19.4 Å². The van der Waals surface area contributed by atoms with Crippen molar-refractivity contribution >= 4 is 45.7 Å². The summed E-state index contributed by atoms with van der Waals surface area (Å²) in [7, 11) is 0. The zero-order valence-electron chi connectivity index (χ0n) is 11.5. The number of amides is 2. The fraction of sp³-hybridized carbons (Fsp3) is 0.286.